The minimum absolute atomic E-state index is 0.350. The van der Waals surface area contributed by atoms with E-state index in [1.807, 2.05) is 0 Å². The molecule has 0 amide bonds. The van der Waals surface area contributed by atoms with Crippen LogP contribution in [0.3, 0.4) is 0 Å². The summed E-state index contributed by atoms with van der Waals surface area (Å²) in [6, 6.07) is 0. The van der Waals surface area contributed by atoms with E-state index in [0.717, 1.165) is 12.5 Å². The molecule has 2 N–H and O–H groups in total. The summed E-state index contributed by atoms with van der Waals surface area (Å²) in [5.74, 6) is 3.52. The van der Waals surface area contributed by atoms with Gasteiger partial charge >= 0.3 is 0 Å². The lowest BCUT2D eigenvalue weighted by Gasteiger charge is -2.48. The molecule has 2 fully saturated rings. The number of nitrogens with two attached hydrogens (primary N) is 1. The second kappa shape index (κ2) is 5.07. The molecule has 88 valence electrons. The summed E-state index contributed by atoms with van der Waals surface area (Å²) in [5.41, 5.74) is 6.40. The van der Waals surface area contributed by atoms with E-state index in [1.54, 1.807) is 0 Å². The van der Waals surface area contributed by atoms with Crippen LogP contribution in [0.2, 0.25) is 0 Å². The van der Waals surface area contributed by atoms with Crippen LogP contribution in [0.4, 0.5) is 0 Å². The molecule has 2 saturated heterocycles. The van der Waals surface area contributed by atoms with Crippen LogP contribution >= 0.6 is 11.8 Å². The van der Waals surface area contributed by atoms with Gasteiger partial charge in [0.1, 0.15) is 0 Å². The van der Waals surface area contributed by atoms with Crippen molar-refractivity contribution in [1.29, 1.82) is 0 Å². The minimum Gasteiger partial charge on any atom is -0.329 e. The maximum Gasteiger partial charge on any atom is 0.0422 e. The molecule has 0 aliphatic carbocycles. The first-order valence-electron chi connectivity index (χ1n) is 6.30. The number of piperidine rings is 1. The van der Waals surface area contributed by atoms with Crippen molar-refractivity contribution in [2.24, 2.45) is 11.7 Å². The van der Waals surface area contributed by atoms with Gasteiger partial charge in [-0.2, -0.15) is 11.8 Å². The predicted octanol–water partition coefficient (Wildman–Crippen LogP) is 1.94. The molecule has 2 nitrogen and oxygen atoms in total. The molecular weight excluding hydrogens is 204 g/mol. The summed E-state index contributed by atoms with van der Waals surface area (Å²) in [6.45, 7) is 5.79. The third-order valence-electron chi connectivity index (χ3n) is 4.14. The van der Waals surface area contributed by atoms with Crippen LogP contribution in [0.5, 0.6) is 0 Å². The van der Waals surface area contributed by atoms with Gasteiger partial charge in [-0.05, 0) is 50.4 Å². The largest absolute Gasteiger partial charge is 0.329 e. The zero-order chi connectivity index (χ0) is 10.7. The molecule has 0 spiro atoms. The predicted molar refractivity (Wildman–Crippen MR) is 68.3 cm³/mol. The smallest absolute Gasteiger partial charge is 0.0422 e. The highest BCUT2D eigenvalue weighted by Crippen LogP contribution is 2.34. The Morgan fingerprint density at radius 2 is 2.13 bits per heavy atom. The first-order valence-corrected chi connectivity index (χ1v) is 7.45. The van der Waals surface area contributed by atoms with Crippen molar-refractivity contribution in [1.82, 2.24) is 4.90 Å². The summed E-state index contributed by atoms with van der Waals surface area (Å²) in [7, 11) is 0. The average molecular weight is 228 g/mol. The quantitative estimate of drug-likeness (QED) is 0.783. The lowest BCUT2D eigenvalue weighted by molar-refractivity contribution is 0.0654. The SMILES string of the molecule is CC1CCN(C2(CN)CCCSC2)CC1. The molecule has 3 heteroatoms. The topological polar surface area (TPSA) is 29.3 Å². The fourth-order valence-electron chi connectivity index (χ4n) is 2.86. The molecular formula is C12H24N2S. The Labute approximate surface area is 98.0 Å². The third-order valence-corrected chi connectivity index (χ3v) is 5.45. The van der Waals surface area contributed by atoms with Crippen molar-refractivity contribution in [3.63, 3.8) is 0 Å². The molecule has 1 unspecified atom stereocenters. The van der Waals surface area contributed by atoms with Crippen molar-refractivity contribution in [3.8, 4) is 0 Å². The maximum atomic E-state index is 6.05. The fourth-order valence-corrected chi connectivity index (χ4v) is 4.18. The Balaban J connectivity index is 1.98. The van der Waals surface area contributed by atoms with Gasteiger partial charge in [0.15, 0.2) is 0 Å². The monoisotopic (exact) mass is 228 g/mol. The van der Waals surface area contributed by atoms with Gasteiger partial charge in [-0.3, -0.25) is 4.90 Å². The van der Waals surface area contributed by atoms with Crippen molar-refractivity contribution in [2.75, 3.05) is 31.1 Å². The molecule has 15 heavy (non-hydrogen) atoms. The van der Waals surface area contributed by atoms with Crippen LogP contribution in [0.15, 0.2) is 0 Å². The van der Waals surface area contributed by atoms with Crippen LogP contribution in [0.25, 0.3) is 0 Å². The molecule has 2 heterocycles. The fraction of sp³-hybridized carbons (Fsp3) is 1.00. The van der Waals surface area contributed by atoms with E-state index in [-0.39, 0.29) is 0 Å². The molecule has 0 aromatic rings. The van der Waals surface area contributed by atoms with Gasteiger partial charge in [0.25, 0.3) is 0 Å². The Kier molecular flexibility index (Phi) is 3.97. The molecule has 2 rings (SSSR count). The second-order valence-electron chi connectivity index (χ2n) is 5.25. The van der Waals surface area contributed by atoms with Gasteiger partial charge in [-0.25, -0.2) is 0 Å². The first kappa shape index (κ1) is 11.7. The number of hydrogen-bond acceptors (Lipinski definition) is 3. The number of hydrogen-bond donors (Lipinski definition) is 1. The van der Waals surface area contributed by atoms with Gasteiger partial charge in [0, 0.05) is 17.8 Å². The summed E-state index contributed by atoms with van der Waals surface area (Å²) in [6.07, 6.45) is 5.41. The molecule has 0 aromatic carbocycles. The lowest BCUT2D eigenvalue weighted by atomic mass is 9.88. The Bertz CT molecular complexity index is 194. The lowest BCUT2D eigenvalue weighted by Crippen LogP contribution is -2.59. The van der Waals surface area contributed by atoms with Crippen molar-refractivity contribution in [3.05, 3.63) is 0 Å². The summed E-state index contributed by atoms with van der Waals surface area (Å²) in [4.78, 5) is 2.69. The summed E-state index contributed by atoms with van der Waals surface area (Å²) < 4.78 is 0. The van der Waals surface area contributed by atoms with Crippen LogP contribution in [-0.2, 0) is 0 Å². The van der Waals surface area contributed by atoms with Crippen LogP contribution in [0, 0.1) is 5.92 Å². The zero-order valence-corrected chi connectivity index (χ0v) is 10.7. The highest BCUT2D eigenvalue weighted by Gasteiger charge is 2.38. The normalized spacial score (nSPS) is 35.6. The van der Waals surface area contributed by atoms with E-state index >= 15 is 0 Å². The zero-order valence-electron chi connectivity index (χ0n) is 9.87. The molecule has 2 aliphatic rings. The van der Waals surface area contributed by atoms with Crippen molar-refractivity contribution < 1.29 is 0 Å². The van der Waals surface area contributed by atoms with E-state index in [0.29, 0.717) is 5.54 Å². The summed E-state index contributed by atoms with van der Waals surface area (Å²) in [5, 5.41) is 0. The van der Waals surface area contributed by atoms with Gasteiger partial charge in [0.05, 0.1) is 0 Å². The van der Waals surface area contributed by atoms with E-state index in [9.17, 15) is 0 Å². The summed E-state index contributed by atoms with van der Waals surface area (Å²) >= 11 is 2.10. The second-order valence-corrected chi connectivity index (χ2v) is 6.36. The first-order chi connectivity index (χ1) is 7.27. The number of nitrogens with zero attached hydrogens (tertiary/aromatic N) is 1. The highest BCUT2D eigenvalue weighted by molar-refractivity contribution is 7.99. The molecule has 2 aliphatic heterocycles. The molecule has 0 radical (unpaired) electrons. The van der Waals surface area contributed by atoms with Gasteiger partial charge in [-0.15, -0.1) is 0 Å². The molecule has 0 aromatic heterocycles. The van der Waals surface area contributed by atoms with Crippen LogP contribution < -0.4 is 5.73 Å². The standard InChI is InChI=1S/C12H24N2S/c1-11-3-6-14(7-4-11)12(9-13)5-2-8-15-10-12/h11H,2-10,13H2,1H3. The minimum atomic E-state index is 0.350. The molecule has 0 bridgehead atoms. The maximum absolute atomic E-state index is 6.05. The van der Waals surface area contributed by atoms with Crippen LogP contribution in [0.1, 0.15) is 32.6 Å². The van der Waals surface area contributed by atoms with Crippen molar-refractivity contribution in [2.45, 2.75) is 38.1 Å². The van der Waals surface area contributed by atoms with E-state index in [4.69, 9.17) is 5.73 Å². The average Bonchev–Trinajstić information content (AvgIpc) is 2.31. The van der Waals surface area contributed by atoms with Crippen molar-refractivity contribution >= 4 is 11.8 Å². The molecule has 0 saturated carbocycles. The Hall–Kier alpha value is 0.270. The molecule has 1 atom stereocenters. The third kappa shape index (κ3) is 2.51. The van der Waals surface area contributed by atoms with E-state index in [1.165, 1.54) is 50.3 Å². The Morgan fingerprint density at radius 1 is 1.40 bits per heavy atom. The van der Waals surface area contributed by atoms with Crippen LogP contribution in [-0.4, -0.2) is 41.6 Å². The highest BCUT2D eigenvalue weighted by atomic mass is 32.2. The number of thioether (sulfide) groups is 1. The van der Waals surface area contributed by atoms with Gasteiger partial charge < -0.3 is 5.73 Å². The van der Waals surface area contributed by atoms with Gasteiger partial charge in [-0.1, -0.05) is 6.92 Å². The van der Waals surface area contributed by atoms with E-state index < -0.39 is 0 Å². The van der Waals surface area contributed by atoms with Gasteiger partial charge in [0.2, 0.25) is 0 Å². The number of rotatable bonds is 2. The van der Waals surface area contributed by atoms with E-state index in [2.05, 4.69) is 23.6 Å². The number of likely N-dealkylation sites (tertiary alicyclic amines) is 1. The Morgan fingerprint density at radius 3 is 2.67 bits per heavy atom.